The van der Waals surface area contributed by atoms with E-state index in [1.807, 2.05) is 186 Å². The molecule has 0 spiro atoms. The highest BCUT2D eigenvalue weighted by Crippen LogP contribution is 2.48. The molecule has 0 aliphatic carbocycles. The molecule has 21 heteroatoms. The van der Waals surface area contributed by atoms with Crippen LogP contribution in [0.25, 0.3) is 100 Å². The third-order valence-electron chi connectivity index (χ3n) is 22.0. The smallest absolute Gasteiger partial charge is 0.221 e. The van der Waals surface area contributed by atoms with Crippen LogP contribution >= 0.6 is 11.3 Å². The van der Waals surface area contributed by atoms with Gasteiger partial charge in [0.2, 0.25) is 17.7 Å². The zero-order chi connectivity index (χ0) is 89.6. The Kier molecular flexibility index (Phi) is 28.0. The monoisotopic (exact) mass is 1690 g/mol. The summed E-state index contributed by atoms with van der Waals surface area (Å²) in [4.78, 5) is 60.7. The first-order valence-corrected chi connectivity index (χ1v) is 43.7. The van der Waals surface area contributed by atoms with Gasteiger partial charge in [-0.05, 0) is 200 Å². The molecule has 0 aliphatic rings. The molecule has 3 N–H and O–H groups in total. The van der Waals surface area contributed by atoms with Gasteiger partial charge in [0.1, 0.15) is 33.8 Å². The number of imidazole rings is 2. The molecule has 3 aromatic heterocycles. The maximum absolute atomic E-state index is 14.1. The maximum Gasteiger partial charge on any atom is 0.221 e. The number of hydrogen-bond acceptors (Lipinski definition) is 15. The first-order chi connectivity index (χ1) is 58.1. The minimum absolute atomic E-state index is 0.120. The van der Waals surface area contributed by atoms with Gasteiger partial charge in [-0.1, -0.05) is 145 Å². The van der Waals surface area contributed by atoms with Crippen molar-refractivity contribution in [2.75, 3.05) is 106 Å². The highest BCUT2D eigenvalue weighted by Gasteiger charge is 2.30. The quantitative estimate of drug-likeness (QED) is 0.0578. The van der Waals surface area contributed by atoms with Crippen molar-refractivity contribution in [3.63, 3.8) is 0 Å². The lowest BCUT2D eigenvalue weighted by Crippen LogP contribution is -2.12. The number of anilines is 7. The Labute approximate surface area is 731 Å². The van der Waals surface area contributed by atoms with Crippen LogP contribution in [0, 0.1) is 34.6 Å². The van der Waals surface area contributed by atoms with Crippen LogP contribution in [0.15, 0.2) is 205 Å². The molecular formula is C102H118N12O7S2. The topological polar surface area (TPSA) is 201 Å². The van der Waals surface area contributed by atoms with Gasteiger partial charge in [-0.3, -0.25) is 14.4 Å². The van der Waals surface area contributed by atoms with Crippen molar-refractivity contribution in [1.29, 1.82) is 0 Å². The molecule has 640 valence electrons. The van der Waals surface area contributed by atoms with Crippen LogP contribution in [0.3, 0.4) is 0 Å². The van der Waals surface area contributed by atoms with Gasteiger partial charge in [0.15, 0.2) is 9.84 Å². The molecule has 3 amide bonds. The highest BCUT2D eigenvalue weighted by molar-refractivity contribution is 7.90. The van der Waals surface area contributed by atoms with Crippen LogP contribution in [-0.4, -0.2) is 121 Å². The number of benzene rings is 10. The van der Waals surface area contributed by atoms with Gasteiger partial charge in [-0.25, -0.2) is 23.4 Å². The minimum Gasteiger partial charge on any atom is -0.494 e. The molecule has 10 aromatic carbocycles. The lowest BCUT2D eigenvalue weighted by Gasteiger charge is -2.20. The van der Waals surface area contributed by atoms with Gasteiger partial charge in [0.25, 0.3) is 0 Å². The number of aryl methyl sites for hydroxylation is 4. The first-order valence-electron chi connectivity index (χ1n) is 41.2. The van der Waals surface area contributed by atoms with Crippen molar-refractivity contribution in [2.24, 2.45) is 7.05 Å². The predicted molar refractivity (Wildman–Crippen MR) is 514 cm³/mol. The summed E-state index contributed by atoms with van der Waals surface area (Å²) in [6.45, 7) is 31.6. The summed E-state index contributed by atoms with van der Waals surface area (Å²) in [7, 11) is 17.0. The number of nitrogens with one attached hydrogen (secondary N) is 3. The summed E-state index contributed by atoms with van der Waals surface area (Å²) in [6.07, 6.45) is 0. The molecule has 0 unspecified atom stereocenters. The Hall–Kier alpha value is -12.6. The van der Waals surface area contributed by atoms with E-state index in [0.29, 0.717) is 45.6 Å². The van der Waals surface area contributed by atoms with Gasteiger partial charge in [-0.15, -0.1) is 11.3 Å². The van der Waals surface area contributed by atoms with Crippen molar-refractivity contribution >= 4 is 78.7 Å². The van der Waals surface area contributed by atoms with Gasteiger partial charge >= 0.3 is 0 Å². The number of hydrogen-bond donors (Lipinski definition) is 3. The number of ether oxygens (including phenoxy) is 2. The van der Waals surface area contributed by atoms with Crippen molar-refractivity contribution in [3.8, 4) is 112 Å². The summed E-state index contributed by atoms with van der Waals surface area (Å²) >= 11 is 1.53. The van der Waals surface area contributed by atoms with E-state index in [2.05, 4.69) is 199 Å². The molecular weight excluding hydrogens is 1570 g/mol. The lowest BCUT2D eigenvalue weighted by molar-refractivity contribution is -0.115. The Morgan fingerprint density at radius 1 is 0.439 bits per heavy atom. The van der Waals surface area contributed by atoms with Gasteiger partial charge in [0, 0.05) is 164 Å². The van der Waals surface area contributed by atoms with Crippen LogP contribution in [-0.2, 0) is 54.4 Å². The van der Waals surface area contributed by atoms with Crippen LogP contribution in [0.5, 0.6) is 11.5 Å². The zero-order valence-electron chi connectivity index (χ0n) is 76.2. The molecule has 0 saturated heterocycles. The molecule has 0 saturated carbocycles. The first kappa shape index (κ1) is 91.2. The number of thiazole rings is 1. The molecule has 0 bridgehead atoms. The van der Waals surface area contributed by atoms with Gasteiger partial charge in [0.05, 0.1) is 63.9 Å². The summed E-state index contributed by atoms with van der Waals surface area (Å²) < 4.78 is 44.0. The lowest BCUT2D eigenvalue weighted by atomic mass is 9.86. The number of aromatic nitrogens is 5. The molecule has 123 heavy (non-hydrogen) atoms. The van der Waals surface area contributed by atoms with Crippen LogP contribution < -0.4 is 45.0 Å². The number of methoxy groups -OCH3 is 2. The zero-order valence-corrected chi connectivity index (χ0v) is 77.8. The fourth-order valence-electron chi connectivity index (χ4n) is 15.0. The van der Waals surface area contributed by atoms with Crippen LogP contribution in [0.4, 0.5) is 39.8 Å². The molecule has 13 rings (SSSR count). The van der Waals surface area contributed by atoms with E-state index in [0.717, 1.165) is 112 Å². The second-order valence-electron chi connectivity index (χ2n) is 34.3. The summed E-state index contributed by atoms with van der Waals surface area (Å²) in [6, 6.07) is 67.5. The molecule has 0 radical (unpaired) electrons. The molecule has 19 nitrogen and oxygen atoms in total. The Bertz CT molecular complexity index is 6070. The van der Waals surface area contributed by atoms with Crippen molar-refractivity contribution in [2.45, 2.75) is 132 Å². The fourth-order valence-corrected chi connectivity index (χ4v) is 17.7. The maximum atomic E-state index is 14.1. The van der Waals surface area contributed by atoms with Crippen molar-refractivity contribution in [3.05, 3.63) is 245 Å². The van der Waals surface area contributed by atoms with Crippen LogP contribution in [0.2, 0.25) is 0 Å². The number of sulfone groups is 1. The molecule has 0 aliphatic heterocycles. The number of carbonyl (C=O) groups is 3. The number of carbonyl (C=O) groups excluding carboxylic acids is 3. The minimum atomic E-state index is -3.76. The van der Waals surface area contributed by atoms with Gasteiger partial charge in [-0.2, -0.15) is 0 Å². The third-order valence-corrected chi connectivity index (χ3v) is 24.9. The van der Waals surface area contributed by atoms with E-state index in [1.165, 1.54) is 91.0 Å². The van der Waals surface area contributed by atoms with E-state index in [4.69, 9.17) is 24.4 Å². The molecule has 13 aromatic rings. The second-order valence-corrected chi connectivity index (χ2v) is 37.2. The van der Waals surface area contributed by atoms with E-state index >= 15 is 0 Å². The number of nitrogens with zero attached hydrogens (tertiary/aromatic N) is 9. The molecule has 0 fully saturated rings. The van der Waals surface area contributed by atoms with E-state index in [9.17, 15) is 22.8 Å². The Morgan fingerprint density at radius 2 is 0.870 bits per heavy atom. The Balaban J connectivity index is 0.000000181. The van der Waals surface area contributed by atoms with Crippen molar-refractivity contribution in [1.82, 2.24) is 24.1 Å². The fraction of sp³-hybridized carbons (Fsp3) is 0.294. The normalized spacial score (nSPS) is 11.4. The highest BCUT2D eigenvalue weighted by atomic mass is 32.2. The average molecular weight is 1690 g/mol. The predicted octanol–water partition coefficient (Wildman–Crippen LogP) is 22.7. The summed E-state index contributed by atoms with van der Waals surface area (Å²) in [5.41, 5.74) is 28.0. The van der Waals surface area contributed by atoms with E-state index in [-0.39, 0.29) is 39.2 Å². The van der Waals surface area contributed by atoms with Crippen LogP contribution in [0.1, 0.15) is 114 Å². The number of amides is 3. The average Bonchev–Trinajstić information content (AvgIpc) is 1.60. The SMILES string of the molecule is CC(=O)Nc1c(C)cc(-c2nc(-c3ccc(N(C)C)cc3S(=O)(=O)Cc3ccccc3)c(-c3ccc(N(C)C)cc3)s2)cc1C.CCn1c(-c2cc(C)c(C)c(C)c2)nc(-c2ccc(C(C)(C)C)cc2)c1-c1ccc(C(C)(C)C)cc1.COc1cc(-c2nc(-c3ccc(N(C)C)cc3NC(C)=O)c(-c3ccc(N(C)C)cc3)n2C)cc(OC)c1NC(C)=O. The van der Waals surface area contributed by atoms with E-state index in [1.54, 1.807) is 6.07 Å². The van der Waals surface area contributed by atoms with Crippen molar-refractivity contribution < 1.29 is 32.3 Å². The standard InChI is InChI=1S/C36H38N4O3S2.C34H42N2.C32H38N6O4/c1-23-19-28(20-24(2)33(23)37-25(3)41)36-38-34(35(44-36)27-13-15-29(16-14-27)39(4)5)31-18-17-30(40(6)7)21-32(31)45(42,43)22-26-11-9-8-10-12-26;1-11-36-31(26-14-18-29(19-15-26)34(8,9)10)30(25-12-16-28(17-13-25)33(5,6)7)35-32(36)27-20-22(2)24(4)23(3)21-27;1-19(39)33-26-18-24(37(5)6)14-15-25(26)29-31(21-10-12-23(13-11-21)36(3)4)38(7)32(35-29)22-16-27(41-8)30(34-20(2)40)28(17-22)42-9/h8-21H,22H2,1-7H3,(H,37,41);12-21H,11H2,1-10H3;10-18H,1-9H3,(H,33,39)(H,34,40). The molecule has 0 atom stereocenters. The second kappa shape index (κ2) is 37.8. The Morgan fingerprint density at radius 3 is 1.35 bits per heavy atom. The summed E-state index contributed by atoms with van der Waals surface area (Å²) in [5.74, 6) is 1.90. The summed E-state index contributed by atoms with van der Waals surface area (Å²) in [5, 5.41) is 9.49. The number of rotatable bonds is 22. The molecule has 3 heterocycles. The van der Waals surface area contributed by atoms with Gasteiger partial charge < -0.3 is 54.2 Å². The van der Waals surface area contributed by atoms with E-state index < -0.39 is 9.84 Å². The largest absolute Gasteiger partial charge is 0.494 e. The third kappa shape index (κ3) is 20.8.